The summed E-state index contributed by atoms with van der Waals surface area (Å²) in [6.45, 7) is 13.6. The van der Waals surface area contributed by atoms with Crippen molar-refractivity contribution in [2.24, 2.45) is 5.41 Å². The van der Waals surface area contributed by atoms with Gasteiger partial charge in [0.15, 0.2) is 0 Å². The van der Waals surface area contributed by atoms with Crippen LogP contribution in [0.15, 0.2) is 0 Å². The van der Waals surface area contributed by atoms with Gasteiger partial charge >= 0.3 is 5.97 Å². The highest BCUT2D eigenvalue weighted by molar-refractivity contribution is 5.75. The van der Waals surface area contributed by atoms with Crippen molar-refractivity contribution >= 4 is 5.97 Å². The molecule has 1 unspecified atom stereocenters. The van der Waals surface area contributed by atoms with Crippen LogP contribution in [0.5, 0.6) is 0 Å². The number of likely N-dealkylation sites (N-methyl/N-ethyl adjacent to an activating group) is 1. The summed E-state index contributed by atoms with van der Waals surface area (Å²) in [5.41, 5.74) is 0.284. The maximum Gasteiger partial charge on any atom is 0.323 e. The summed E-state index contributed by atoms with van der Waals surface area (Å²) in [5.74, 6) is -0.136. The van der Waals surface area contributed by atoms with Crippen LogP contribution in [0.25, 0.3) is 0 Å². The minimum Gasteiger partial charge on any atom is -0.465 e. The first-order valence-electron chi connectivity index (χ1n) is 6.88. The predicted molar refractivity (Wildman–Crippen MR) is 75.7 cm³/mol. The normalized spacial score (nSPS) is 13.7. The van der Waals surface area contributed by atoms with E-state index in [1.165, 1.54) is 0 Å². The number of rotatable bonds is 8. The van der Waals surface area contributed by atoms with E-state index in [1.54, 1.807) is 0 Å². The number of esters is 1. The Morgan fingerprint density at radius 3 is 2.39 bits per heavy atom. The Hall–Kier alpha value is -0.610. The van der Waals surface area contributed by atoms with Crippen LogP contribution in [0, 0.1) is 5.41 Å². The molecule has 0 aliphatic carbocycles. The average molecular weight is 258 g/mol. The molecule has 0 amide bonds. The summed E-state index contributed by atoms with van der Waals surface area (Å²) in [4.78, 5) is 14.0. The van der Waals surface area contributed by atoms with E-state index in [-0.39, 0.29) is 17.4 Å². The van der Waals surface area contributed by atoms with Crippen LogP contribution < -0.4 is 5.32 Å². The summed E-state index contributed by atoms with van der Waals surface area (Å²) in [6, 6.07) is -0.183. The maximum atomic E-state index is 11.7. The zero-order valence-corrected chi connectivity index (χ0v) is 12.9. The van der Waals surface area contributed by atoms with Crippen LogP contribution >= 0.6 is 0 Å². The topological polar surface area (TPSA) is 41.6 Å². The van der Waals surface area contributed by atoms with E-state index in [4.69, 9.17) is 4.74 Å². The van der Waals surface area contributed by atoms with Crippen LogP contribution in [0.2, 0.25) is 0 Å². The molecular formula is C14H30N2O2. The highest BCUT2D eigenvalue weighted by Gasteiger charge is 2.20. The first kappa shape index (κ1) is 17.4. The highest BCUT2D eigenvalue weighted by Crippen LogP contribution is 2.14. The zero-order chi connectivity index (χ0) is 14.2. The third kappa shape index (κ3) is 8.48. The van der Waals surface area contributed by atoms with E-state index in [2.05, 4.69) is 38.0 Å². The Morgan fingerprint density at radius 1 is 1.33 bits per heavy atom. The van der Waals surface area contributed by atoms with Crippen molar-refractivity contribution in [2.45, 2.75) is 47.1 Å². The maximum absolute atomic E-state index is 11.7. The number of hydrogen-bond donors (Lipinski definition) is 1. The van der Waals surface area contributed by atoms with Gasteiger partial charge in [-0.15, -0.1) is 0 Å². The molecule has 0 bridgehead atoms. The van der Waals surface area contributed by atoms with Crippen LogP contribution in [0.3, 0.4) is 0 Å². The molecule has 4 heteroatoms. The van der Waals surface area contributed by atoms with E-state index in [9.17, 15) is 4.79 Å². The number of carbonyl (C=O) groups excluding carboxylic acids is 1. The lowest BCUT2D eigenvalue weighted by Crippen LogP contribution is -2.41. The van der Waals surface area contributed by atoms with Crippen molar-refractivity contribution in [3.05, 3.63) is 0 Å². The van der Waals surface area contributed by atoms with Gasteiger partial charge in [0, 0.05) is 6.54 Å². The number of nitrogens with one attached hydrogen (secondary N) is 1. The fraction of sp³-hybridized carbons (Fsp3) is 0.929. The van der Waals surface area contributed by atoms with Crippen LogP contribution in [-0.4, -0.2) is 50.2 Å². The van der Waals surface area contributed by atoms with Crippen molar-refractivity contribution in [1.82, 2.24) is 10.2 Å². The first-order chi connectivity index (χ1) is 8.30. The van der Waals surface area contributed by atoms with Gasteiger partial charge in [0.05, 0.1) is 6.61 Å². The minimum absolute atomic E-state index is 0.136. The van der Waals surface area contributed by atoms with Gasteiger partial charge in [-0.25, -0.2) is 0 Å². The monoisotopic (exact) mass is 258 g/mol. The second-order valence-corrected chi connectivity index (χ2v) is 5.95. The molecule has 0 saturated heterocycles. The highest BCUT2D eigenvalue weighted by atomic mass is 16.5. The van der Waals surface area contributed by atoms with Crippen molar-refractivity contribution < 1.29 is 9.53 Å². The molecule has 18 heavy (non-hydrogen) atoms. The number of ether oxygens (including phenoxy) is 1. The minimum atomic E-state index is -0.183. The van der Waals surface area contributed by atoms with Gasteiger partial charge in [-0.2, -0.15) is 0 Å². The smallest absolute Gasteiger partial charge is 0.323 e. The summed E-state index contributed by atoms with van der Waals surface area (Å²) >= 11 is 0. The Balaban J connectivity index is 4.14. The van der Waals surface area contributed by atoms with Gasteiger partial charge in [0.1, 0.15) is 6.04 Å². The summed E-state index contributed by atoms with van der Waals surface area (Å²) in [7, 11) is 2.10. The van der Waals surface area contributed by atoms with Crippen LogP contribution in [-0.2, 0) is 9.53 Å². The molecule has 1 N–H and O–H groups in total. The van der Waals surface area contributed by atoms with Crippen LogP contribution in [0.1, 0.15) is 41.0 Å². The Bertz CT molecular complexity index is 236. The van der Waals surface area contributed by atoms with Crippen LogP contribution in [0.4, 0.5) is 0 Å². The van der Waals surface area contributed by atoms with Gasteiger partial charge in [-0.05, 0) is 38.9 Å². The zero-order valence-electron chi connectivity index (χ0n) is 12.9. The molecule has 1 atom stereocenters. The van der Waals surface area contributed by atoms with Gasteiger partial charge in [-0.3, -0.25) is 4.79 Å². The molecule has 0 aliphatic rings. The Morgan fingerprint density at radius 2 is 1.94 bits per heavy atom. The fourth-order valence-corrected chi connectivity index (χ4v) is 2.03. The molecule has 0 aliphatic heterocycles. The molecule has 0 heterocycles. The molecule has 0 rings (SSSR count). The largest absolute Gasteiger partial charge is 0.465 e. The molecule has 0 fully saturated rings. The molecule has 0 aromatic rings. The van der Waals surface area contributed by atoms with Gasteiger partial charge in [-0.1, -0.05) is 27.7 Å². The molecule has 0 saturated carbocycles. The fourth-order valence-electron chi connectivity index (χ4n) is 2.03. The molecule has 4 nitrogen and oxygen atoms in total. The van der Waals surface area contributed by atoms with E-state index in [0.717, 1.165) is 26.1 Å². The lowest BCUT2D eigenvalue weighted by Gasteiger charge is -2.27. The predicted octanol–water partition coefficient (Wildman–Crippen LogP) is 1.90. The molecule has 108 valence electrons. The summed E-state index contributed by atoms with van der Waals surface area (Å²) in [6.07, 6.45) is 0.791. The van der Waals surface area contributed by atoms with Crippen molar-refractivity contribution in [3.8, 4) is 0 Å². The third-order valence-electron chi connectivity index (χ3n) is 2.57. The quantitative estimate of drug-likeness (QED) is 0.675. The molecule has 0 radical (unpaired) electrons. The first-order valence-corrected chi connectivity index (χ1v) is 6.88. The van der Waals surface area contributed by atoms with E-state index in [1.807, 2.05) is 13.8 Å². The number of hydrogen-bond acceptors (Lipinski definition) is 4. The molecule has 0 aromatic heterocycles. The lowest BCUT2D eigenvalue weighted by molar-refractivity contribution is -0.145. The van der Waals surface area contributed by atoms with Crippen molar-refractivity contribution in [2.75, 3.05) is 33.3 Å². The summed E-state index contributed by atoms with van der Waals surface area (Å²) in [5, 5.41) is 3.18. The van der Waals surface area contributed by atoms with Gasteiger partial charge in [0.2, 0.25) is 0 Å². The van der Waals surface area contributed by atoms with E-state index >= 15 is 0 Å². The second kappa shape index (κ2) is 8.48. The Kier molecular flexibility index (Phi) is 8.20. The Labute approximate surface area is 112 Å². The molecule has 0 spiro atoms. The van der Waals surface area contributed by atoms with E-state index < -0.39 is 0 Å². The SMILES string of the molecule is CCNC(CCN(C)CC(C)(C)C)C(=O)OCC. The van der Waals surface area contributed by atoms with Gasteiger partial charge in [0.25, 0.3) is 0 Å². The number of carbonyl (C=O) groups is 1. The number of nitrogens with zero attached hydrogens (tertiary/aromatic N) is 1. The third-order valence-corrected chi connectivity index (χ3v) is 2.57. The van der Waals surface area contributed by atoms with Crippen molar-refractivity contribution in [3.63, 3.8) is 0 Å². The molecular weight excluding hydrogens is 228 g/mol. The van der Waals surface area contributed by atoms with E-state index in [0.29, 0.717) is 6.61 Å². The second-order valence-electron chi connectivity index (χ2n) is 5.95. The molecule has 0 aromatic carbocycles. The van der Waals surface area contributed by atoms with Gasteiger partial charge < -0.3 is 15.0 Å². The standard InChI is InChI=1S/C14H30N2O2/c1-7-15-12(13(17)18-8-2)9-10-16(6)11-14(3,4)5/h12,15H,7-11H2,1-6H3. The average Bonchev–Trinajstić information content (AvgIpc) is 2.21. The summed E-state index contributed by atoms with van der Waals surface area (Å²) < 4.78 is 5.07. The lowest BCUT2D eigenvalue weighted by atomic mass is 9.96. The van der Waals surface area contributed by atoms with Crippen molar-refractivity contribution in [1.29, 1.82) is 0 Å².